The van der Waals surface area contributed by atoms with Crippen molar-refractivity contribution in [3.05, 3.63) is 29.3 Å². The van der Waals surface area contributed by atoms with Crippen LogP contribution < -0.4 is 5.32 Å². The lowest BCUT2D eigenvalue weighted by molar-refractivity contribution is -0.124. The Hall–Kier alpha value is -1.39. The van der Waals surface area contributed by atoms with Crippen LogP contribution in [0.25, 0.3) is 0 Å². The van der Waals surface area contributed by atoms with Crippen LogP contribution in [0, 0.1) is 30.1 Å². The van der Waals surface area contributed by atoms with Gasteiger partial charge in [0.05, 0.1) is 13.2 Å². The van der Waals surface area contributed by atoms with Gasteiger partial charge in [-0.25, -0.2) is 0 Å². The highest BCUT2D eigenvalue weighted by Crippen LogP contribution is 2.61. The first-order chi connectivity index (χ1) is 13.6. The van der Waals surface area contributed by atoms with Gasteiger partial charge in [0.1, 0.15) is 0 Å². The van der Waals surface area contributed by atoms with E-state index in [2.05, 4.69) is 35.3 Å². The molecule has 4 saturated carbocycles. The summed E-state index contributed by atoms with van der Waals surface area (Å²) < 4.78 is 5.45. The van der Waals surface area contributed by atoms with Gasteiger partial charge in [0, 0.05) is 31.7 Å². The van der Waals surface area contributed by atoms with Gasteiger partial charge >= 0.3 is 0 Å². The molecule has 0 aromatic heterocycles. The van der Waals surface area contributed by atoms with E-state index in [1.807, 2.05) is 0 Å². The van der Waals surface area contributed by atoms with Crippen molar-refractivity contribution < 1.29 is 9.53 Å². The summed E-state index contributed by atoms with van der Waals surface area (Å²) in [7, 11) is 0. The van der Waals surface area contributed by atoms with Gasteiger partial charge in [-0.1, -0.05) is 12.1 Å². The van der Waals surface area contributed by atoms with Crippen molar-refractivity contribution in [2.45, 2.75) is 58.4 Å². The number of amides is 1. The number of carbonyl (C=O) groups excluding carboxylic acids is 1. The number of rotatable bonds is 5. The molecule has 152 valence electrons. The molecular formula is C24H34N2O2. The van der Waals surface area contributed by atoms with Gasteiger partial charge in [-0.2, -0.15) is 0 Å². The minimum absolute atomic E-state index is 0.230. The molecule has 0 radical (unpaired) electrons. The first-order valence-corrected chi connectivity index (χ1v) is 11.3. The van der Waals surface area contributed by atoms with E-state index in [1.54, 1.807) is 0 Å². The van der Waals surface area contributed by atoms with Crippen LogP contribution in [0.4, 0.5) is 5.69 Å². The fraction of sp³-hybridized carbons (Fsp3) is 0.708. The van der Waals surface area contributed by atoms with E-state index in [4.69, 9.17) is 4.74 Å². The molecule has 6 rings (SSSR count). The first-order valence-electron chi connectivity index (χ1n) is 11.3. The third-order valence-electron chi connectivity index (χ3n) is 7.79. The zero-order valence-corrected chi connectivity index (χ0v) is 17.2. The van der Waals surface area contributed by atoms with Crippen molar-refractivity contribution in [3.8, 4) is 0 Å². The second kappa shape index (κ2) is 7.46. The number of benzene rings is 1. The van der Waals surface area contributed by atoms with E-state index in [-0.39, 0.29) is 5.91 Å². The molecule has 4 bridgehead atoms. The molecule has 1 amide bonds. The molecule has 4 nitrogen and oxygen atoms in total. The molecule has 1 aliphatic heterocycles. The summed E-state index contributed by atoms with van der Waals surface area (Å²) in [6.07, 6.45) is 8.91. The van der Waals surface area contributed by atoms with Crippen LogP contribution in [0.2, 0.25) is 0 Å². The van der Waals surface area contributed by atoms with E-state index in [1.165, 1.54) is 44.1 Å². The Morgan fingerprint density at radius 3 is 2.39 bits per heavy atom. The summed E-state index contributed by atoms with van der Waals surface area (Å²) in [5.74, 6) is 2.93. The highest BCUT2D eigenvalue weighted by Gasteiger charge is 2.51. The molecule has 4 aliphatic carbocycles. The normalized spacial score (nSPS) is 34.5. The van der Waals surface area contributed by atoms with Gasteiger partial charge < -0.3 is 10.1 Å². The summed E-state index contributed by atoms with van der Waals surface area (Å²) in [6, 6.07) is 6.53. The van der Waals surface area contributed by atoms with E-state index in [9.17, 15) is 4.79 Å². The molecule has 0 unspecified atom stereocenters. The third kappa shape index (κ3) is 3.86. The van der Waals surface area contributed by atoms with Gasteiger partial charge in [0.25, 0.3) is 0 Å². The van der Waals surface area contributed by atoms with Crippen LogP contribution in [0.1, 0.15) is 56.1 Å². The van der Waals surface area contributed by atoms with Crippen LogP contribution in [0.3, 0.4) is 0 Å². The fourth-order valence-electron chi connectivity index (χ4n) is 6.96. The Kier molecular flexibility index (Phi) is 4.96. The maximum atomic E-state index is 13.0. The second-order valence-corrected chi connectivity index (χ2v) is 10.2. The Bertz CT molecular complexity index is 703. The molecule has 5 fully saturated rings. The number of ether oxygens (including phenoxy) is 1. The van der Waals surface area contributed by atoms with Crippen molar-refractivity contribution in [2.75, 3.05) is 31.6 Å². The fourth-order valence-corrected chi connectivity index (χ4v) is 6.96. The maximum absolute atomic E-state index is 13.0. The average molecular weight is 383 g/mol. The Morgan fingerprint density at radius 2 is 1.75 bits per heavy atom. The van der Waals surface area contributed by atoms with Gasteiger partial charge in [-0.3, -0.25) is 9.69 Å². The van der Waals surface area contributed by atoms with Gasteiger partial charge in [-0.05, 0) is 85.8 Å². The number of hydrogen-bond donors (Lipinski definition) is 1. The summed E-state index contributed by atoms with van der Waals surface area (Å²) in [6.45, 7) is 6.64. The predicted octanol–water partition coefficient (Wildman–Crippen LogP) is 4.37. The number of nitrogens with one attached hydrogen (secondary N) is 1. The SMILES string of the molecule is Cc1ccc(CN2CCOCC2)cc1NC(=O)CC12CC3CC(CC(C3)C1)C2. The van der Waals surface area contributed by atoms with Gasteiger partial charge in [-0.15, -0.1) is 0 Å². The molecule has 4 heteroatoms. The molecule has 1 saturated heterocycles. The standard InChI is InChI=1S/C24H34N2O2/c1-17-2-3-18(16-26-4-6-28-7-5-26)11-22(17)25-23(27)15-24-12-19-8-20(13-24)10-21(9-19)14-24/h2-3,11,19-21H,4-10,12-16H2,1H3,(H,25,27). The average Bonchev–Trinajstić information content (AvgIpc) is 2.64. The molecule has 1 aromatic rings. The topological polar surface area (TPSA) is 41.6 Å². The van der Waals surface area contributed by atoms with Crippen LogP contribution >= 0.6 is 0 Å². The molecule has 1 N–H and O–H groups in total. The second-order valence-electron chi connectivity index (χ2n) is 10.2. The molecular weight excluding hydrogens is 348 g/mol. The highest BCUT2D eigenvalue weighted by molar-refractivity contribution is 5.92. The van der Waals surface area contributed by atoms with Crippen molar-refractivity contribution in [1.29, 1.82) is 0 Å². The number of anilines is 1. The monoisotopic (exact) mass is 382 g/mol. The zero-order valence-electron chi connectivity index (χ0n) is 17.2. The molecule has 28 heavy (non-hydrogen) atoms. The lowest BCUT2D eigenvalue weighted by Gasteiger charge is -2.56. The lowest BCUT2D eigenvalue weighted by atomic mass is 9.49. The van der Waals surface area contributed by atoms with Crippen molar-refractivity contribution in [3.63, 3.8) is 0 Å². The summed E-state index contributed by atoms with van der Waals surface area (Å²) in [5.41, 5.74) is 3.74. The summed E-state index contributed by atoms with van der Waals surface area (Å²) in [4.78, 5) is 15.4. The molecule has 1 aromatic carbocycles. The van der Waals surface area contributed by atoms with Crippen LogP contribution in [-0.4, -0.2) is 37.1 Å². The molecule has 0 atom stereocenters. The number of aryl methyl sites for hydroxylation is 1. The third-order valence-corrected chi connectivity index (χ3v) is 7.79. The quantitative estimate of drug-likeness (QED) is 0.822. The zero-order chi connectivity index (χ0) is 19.1. The van der Waals surface area contributed by atoms with Crippen molar-refractivity contribution in [1.82, 2.24) is 4.90 Å². The first kappa shape index (κ1) is 18.6. The minimum atomic E-state index is 0.230. The van der Waals surface area contributed by atoms with Crippen molar-refractivity contribution in [2.24, 2.45) is 23.2 Å². The van der Waals surface area contributed by atoms with Crippen LogP contribution in [-0.2, 0) is 16.1 Å². The van der Waals surface area contributed by atoms with E-state index >= 15 is 0 Å². The van der Waals surface area contributed by atoms with E-state index < -0.39 is 0 Å². The smallest absolute Gasteiger partial charge is 0.224 e. The number of morpholine rings is 1. The van der Waals surface area contributed by atoms with Crippen molar-refractivity contribution >= 4 is 11.6 Å². The van der Waals surface area contributed by atoms with E-state index in [0.29, 0.717) is 5.41 Å². The lowest BCUT2D eigenvalue weighted by Crippen LogP contribution is -2.47. The largest absolute Gasteiger partial charge is 0.379 e. The Labute approximate surface area is 169 Å². The Morgan fingerprint density at radius 1 is 1.11 bits per heavy atom. The maximum Gasteiger partial charge on any atom is 0.224 e. The number of nitrogens with zero attached hydrogens (tertiary/aromatic N) is 1. The van der Waals surface area contributed by atoms with Crippen LogP contribution in [0.15, 0.2) is 18.2 Å². The Balaban J connectivity index is 1.24. The minimum Gasteiger partial charge on any atom is -0.379 e. The molecule has 1 heterocycles. The van der Waals surface area contributed by atoms with Crippen LogP contribution in [0.5, 0.6) is 0 Å². The number of carbonyl (C=O) groups is 1. The summed E-state index contributed by atoms with van der Waals surface area (Å²) >= 11 is 0. The molecule has 5 aliphatic rings. The van der Waals surface area contributed by atoms with Gasteiger partial charge in [0.15, 0.2) is 0 Å². The predicted molar refractivity (Wildman–Crippen MR) is 111 cm³/mol. The van der Waals surface area contributed by atoms with Gasteiger partial charge in [0.2, 0.25) is 5.91 Å². The number of hydrogen-bond acceptors (Lipinski definition) is 3. The van der Waals surface area contributed by atoms with E-state index in [0.717, 1.165) is 68.3 Å². The summed E-state index contributed by atoms with van der Waals surface area (Å²) in [5, 5.41) is 3.28. The highest BCUT2D eigenvalue weighted by atomic mass is 16.5. The molecule has 0 spiro atoms.